The third-order valence-electron chi connectivity index (χ3n) is 6.75. The van der Waals surface area contributed by atoms with Gasteiger partial charge in [-0.1, -0.05) is 48.6 Å². The summed E-state index contributed by atoms with van der Waals surface area (Å²) in [6, 6.07) is 0. The molecule has 6 unspecified atom stereocenters. The first-order valence-electron chi connectivity index (χ1n) is 9.48. The summed E-state index contributed by atoms with van der Waals surface area (Å²) in [4.78, 5) is 0. The molecule has 5 aliphatic rings. The summed E-state index contributed by atoms with van der Waals surface area (Å²) in [7, 11) is 0. The maximum atomic E-state index is 2.48. The van der Waals surface area contributed by atoms with Gasteiger partial charge in [-0.3, -0.25) is 0 Å². The lowest BCUT2D eigenvalue weighted by molar-refractivity contribution is 0.301. The first-order chi connectivity index (χ1) is 10.8. The van der Waals surface area contributed by atoms with E-state index in [0.29, 0.717) is 0 Å². The van der Waals surface area contributed by atoms with Gasteiger partial charge in [-0.2, -0.15) is 0 Å². The van der Waals surface area contributed by atoms with Crippen molar-refractivity contribution in [3.63, 3.8) is 0 Å². The molecular formula is C22H30. The van der Waals surface area contributed by atoms with Crippen LogP contribution >= 0.6 is 0 Å². The Kier molecular flexibility index (Phi) is 4.11. The van der Waals surface area contributed by atoms with Gasteiger partial charge < -0.3 is 0 Å². The molecule has 0 saturated heterocycles. The zero-order chi connectivity index (χ0) is 14.9. The highest BCUT2D eigenvalue weighted by Gasteiger charge is 2.39. The maximum Gasteiger partial charge on any atom is -0.0165 e. The zero-order valence-corrected chi connectivity index (χ0v) is 13.9. The van der Waals surface area contributed by atoms with Crippen LogP contribution in [0.3, 0.4) is 0 Å². The van der Waals surface area contributed by atoms with Crippen molar-refractivity contribution in [3.8, 4) is 0 Å². The first kappa shape index (κ1) is 14.5. The Bertz CT molecular complexity index is 498. The van der Waals surface area contributed by atoms with Gasteiger partial charge in [0.2, 0.25) is 0 Å². The molecule has 22 heavy (non-hydrogen) atoms. The summed E-state index contributed by atoms with van der Waals surface area (Å²) in [5.74, 6) is 6.65. The number of rotatable bonds is 2. The van der Waals surface area contributed by atoms with Crippen molar-refractivity contribution in [1.29, 1.82) is 0 Å². The molecule has 6 atom stereocenters. The SMILES string of the molecule is C/C=C\C1CC2C=CC1C2.C1=CCC(C2CC3C=CC2C3)C1. The maximum absolute atomic E-state index is 2.48. The predicted molar refractivity (Wildman–Crippen MR) is 94.4 cm³/mol. The van der Waals surface area contributed by atoms with Crippen LogP contribution in [0.1, 0.15) is 45.4 Å². The molecule has 0 heterocycles. The van der Waals surface area contributed by atoms with Crippen LogP contribution < -0.4 is 0 Å². The summed E-state index contributed by atoms with van der Waals surface area (Å²) in [5.41, 5.74) is 0. The number of hydrogen-bond acceptors (Lipinski definition) is 0. The Morgan fingerprint density at radius 2 is 1.45 bits per heavy atom. The van der Waals surface area contributed by atoms with Crippen LogP contribution in [0.5, 0.6) is 0 Å². The molecule has 0 aromatic rings. The Balaban J connectivity index is 0.000000116. The van der Waals surface area contributed by atoms with E-state index in [1.54, 1.807) is 0 Å². The van der Waals surface area contributed by atoms with Crippen molar-refractivity contribution >= 4 is 0 Å². The van der Waals surface area contributed by atoms with Crippen LogP contribution in [-0.4, -0.2) is 0 Å². The third-order valence-corrected chi connectivity index (χ3v) is 6.75. The minimum atomic E-state index is 0.875. The molecule has 118 valence electrons. The Morgan fingerprint density at radius 1 is 0.773 bits per heavy atom. The van der Waals surface area contributed by atoms with E-state index in [2.05, 4.69) is 55.5 Å². The number of hydrogen-bond donors (Lipinski definition) is 0. The van der Waals surface area contributed by atoms with E-state index >= 15 is 0 Å². The fourth-order valence-electron chi connectivity index (χ4n) is 5.64. The van der Waals surface area contributed by atoms with E-state index in [4.69, 9.17) is 0 Å². The zero-order valence-electron chi connectivity index (χ0n) is 13.9. The van der Waals surface area contributed by atoms with Crippen LogP contribution in [0.2, 0.25) is 0 Å². The van der Waals surface area contributed by atoms with E-state index in [1.807, 2.05) is 0 Å². The normalized spacial score (nSPS) is 44.4. The Morgan fingerprint density at radius 3 is 1.95 bits per heavy atom. The van der Waals surface area contributed by atoms with Crippen LogP contribution in [-0.2, 0) is 0 Å². The molecule has 2 fully saturated rings. The van der Waals surface area contributed by atoms with Gasteiger partial charge in [-0.15, -0.1) is 0 Å². The van der Waals surface area contributed by atoms with Gasteiger partial charge in [0.15, 0.2) is 0 Å². The van der Waals surface area contributed by atoms with Gasteiger partial charge in [0, 0.05) is 0 Å². The highest BCUT2D eigenvalue weighted by atomic mass is 14.4. The van der Waals surface area contributed by atoms with Crippen molar-refractivity contribution in [2.45, 2.75) is 45.4 Å². The van der Waals surface area contributed by atoms with Gasteiger partial charge in [0.05, 0.1) is 0 Å². The molecule has 5 rings (SSSR count). The van der Waals surface area contributed by atoms with Crippen LogP contribution in [0.4, 0.5) is 0 Å². The lowest BCUT2D eigenvalue weighted by Gasteiger charge is -2.24. The lowest BCUT2D eigenvalue weighted by atomic mass is 9.81. The molecule has 0 nitrogen and oxygen atoms in total. The third kappa shape index (κ3) is 2.77. The molecule has 0 amide bonds. The molecule has 4 bridgehead atoms. The first-order valence-corrected chi connectivity index (χ1v) is 9.48. The van der Waals surface area contributed by atoms with E-state index in [-0.39, 0.29) is 0 Å². The average Bonchev–Trinajstić information content (AvgIpc) is 3.32. The van der Waals surface area contributed by atoms with Crippen molar-refractivity contribution in [1.82, 2.24) is 0 Å². The summed E-state index contributed by atoms with van der Waals surface area (Å²) >= 11 is 0. The van der Waals surface area contributed by atoms with Crippen molar-refractivity contribution in [3.05, 3.63) is 48.6 Å². The lowest BCUT2D eigenvalue weighted by Crippen LogP contribution is -2.16. The predicted octanol–water partition coefficient (Wildman–Crippen LogP) is 5.94. The second kappa shape index (κ2) is 6.22. The Labute approximate surface area is 136 Å². The van der Waals surface area contributed by atoms with E-state index in [0.717, 1.165) is 41.4 Å². The Hall–Kier alpha value is -1.04. The van der Waals surface area contributed by atoms with Gasteiger partial charge in [-0.25, -0.2) is 0 Å². The molecule has 0 aliphatic heterocycles. The van der Waals surface area contributed by atoms with E-state index < -0.39 is 0 Å². The fraction of sp³-hybridized carbons (Fsp3) is 0.636. The minimum Gasteiger partial charge on any atom is -0.0914 e. The smallest absolute Gasteiger partial charge is 0.0165 e. The molecule has 0 aromatic carbocycles. The standard InChI is InChI=1S/C12H16.C10H14/c1-2-4-10(3-1)12-8-9-5-6-11(12)7-9;1-2-3-9-6-8-4-5-10(9)7-8/h1-2,5-6,9-12H,3-4,7-8H2;2-5,8-10H,6-7H2,1H3/b;3-2-. The van der Waals surface area contributed by atoms with Crippen LogP contribution in [0.25, 0.3) is 0 Å². The van der Waals surface area contributed by atoms with Gasteiger partial charge in [0.25, 0.3) is 0 Å². The second-order valence-electron chi connectivity index (χ2n) is 8.12. The minimum absolute atomic E-state index is 0.875. The fourth-order valence-corrected chi connectivity index (χ4v) is 5.64. The molecular weight excluding hydrogens is 264 g/mol. The van der Waals surface area contributed by atoms with Crippen molar-refractivity contribution in [2.75, 3.05) is 0 Å². The van der Waals surface area contributed by atoms with Crippen LogP contribution in [0, 0.1) is 41.4 Å². The average molecular weight is 294 g/mol. The highest BCUT2D eigenvalue weighted by Crippen LogP contribution is 2.49. The molecule has 0 N–H and O–H groups in total. The molecule has 5 aliphatic carbocycles. The molecule has 0 radical (unpaired) electrons. The second-order valence-corrected chi connectivity index (χ2v) is 8.12. The molecule has 0 heteroatoms. The van der Waals surface area contributed by atoms with Crippen molar-refractivity contribution < 1.29 is 0 Å². The quantitative estimate of drug-likeness (QED) is 0.553. The van der Waals surface area contributed by atoms with E-state index in [9.17, 15) is 0 Å². The number of fused-ring (bicyclic) bond motifs is 4. The van der Waals surface area contributed by atoms with Crippen molar-refractivity contribution in [2.24, 2.45) is 41.4 Å². The van der Waals surface area contributed by atoms with Gasteiger partial charge in [0.1, 0.15) is 0 Å². The molecule has 0 spiro atoms. The van der Waals surface area contributed by atoms with Gasteiger partial charge in [-0.05, 0) is 86.9 Å². The topological polar surface area (TPSA) is 0 Å². The summed E-state index contributed by atoms with van der Waals surface area (Å²) in [5, 5.41) is 0. The van der Waals surface area contributed by atoms with Gasteiger partial charge >= 0.3 is 0 Å². The monoisotopic (exact) mass is 294 g/mol. The highest BCUT2D eigenvalue weighted by molar-refractivity contribution is 5.14. The van der Waals surface area contributed by atoms with E-state index in [1.165, 1.54) is 38.5 Å². The number of allylic oxidation sites excluding steroid dienone is 8. The largest absolute Gasteiger partial charge is 0.0914 e. The summed E-state index contributed by atoms with van der Waals surface area (Å²) in [6.07, 6.45) is 27.6. The molecule has 0 aromatic heterocycles. The summed E-state index contributed by atoms with van der Waals surface area (Å²) < 4.78 is 0. The molecule has 2 saturated carbocycles. The summed E-state index contributed by atoms with van der Waals surface area (Å²) in [6.45, 7) is 2.12. The van der Waals surface area contributed by atoms with Crippen LogP contribution in [0.15, 0.2) is 48.6 Å².